The van der Waals surface area contributed by atoms with Gasteiger partial charge in [0.05, 0.1) is 4.92 Å². The van der Waals surface area contributed by atoms with Gasteiger partial charge >= 0.3 is 6.09 Å². The van der Waals surface area contributed by atoms with Gasteiger partial charge in [0.25, 0.3) is 5.69 Å². The van der Waals surface area contributed by atoms with E-state index in [2.05, 4.69) is 4.36 Å². The van der Waals surface area contributed by atoms with E-state index in [1.54, 1.807) is 13.1 Å². The third-order valence-electron chi connectivity index (χ3n) is 3.30. The van der Waals surface area contributed by atoms with Crippen LogP contribution in [0, 0.1) is 10.1 Å². The number of nitro benzene ring substituents is 1. The van der Waals surface area contributed by atoms with Gasteiger partial charge in [-0.25, -0.2) is 4.79 Å². The fraction of sp³-hybridized carbons (Fsp3) is 0.500. The number of amides is 1. The number of thiol groups is 1. The van der Waals surface area contributed by atoms with Crippen molar-refractivity contribution in [3.63, 3.8) is 0 Å². The Bertz CT molecular complexity index is 658. The molecule has 0 atom stereocenters. The number of non-ortho nitro benzene ring substituents is 1. The smallest absolute Gasteiger partial charge is 0.437 e. The molecule has 0 heterocycles. The molecule has 0 spiro atoms. The van der Waals surface area contributed by atoms with E-state index in [-0.39, 0.29) is 18.0 Å². The Morgan fingerprint density at radius 2 is 2.04 bits per heavy atom. The van der Waals surface area contributed by atoms with Gasteiger partial charge in [0.2, 0.25) is 0 Å². The van der Waals surface area contributed by atoms with Crippen LogP contribution in [0.3, 0.4) is 0 Å². The topological polar surface area (TPSA) is 136 Å². The van der Waals surface area contributed by atoms with Gasteiger partial charge in [-0.3, -0.25) is 10.1 Å². The fourth-order valence-electron chi connectivity index (χ4n) is 2.23. The van der Waals surface area contributed by atoms with Gasteiger partial charge < -0.3 is 19.7 Å². The molecule has 1 amide bonds. The maximum atomic E-state index is 11.1. The van der Waals surface area contributed by atoms with Crippen LogP contribution in [0.5, 0.6) is 0 Å². The predicted octanol–water partition coefficient (Wildman–Crippen LogP) is 2.15. The highest BCUT2D eigenvalue weighted by atomic mass is 32.3. The number of nitro groups is 1. The van der Waals surface area contributed by atoms with Crippen molar-refractivity contribution in [2.75, 3.05) is 31.4 Å². The zero-order chi connectivity index (χ0) is 18.3. The van der Waals surface area contributed by atoms with E-state index >= 15 is 0 Å². The molecular weight excluding hydrogens is 338 g/mol. The number of aliphatic hydroxyl groups excluding tert-OH is 1. The van der Waals surface area contributed by atoms with Gasteiger partial charge in [0.15, 0.2) is 0 Å². The SMILES string of the molecule is CN(CCCCO)c1cc(C[SH](C)(O)=NC(=O)O)cc([N+](=O)[O-])c1. The normalized spacial score (nSPS) is 11.8. The molecule has 3 N–H and O–H groups in total. The van der Waals surface area contributed by atoms with Crippen LogP contribution in [0.2, 0.25) is 0 Å². The Kier molecular flexibility index (Phi) is 7.26. The molecule has 0 bridgehead atoms. The Morgan fingerprint density at radius 1 is 1.38 bits per heavy atom. The highest BCUT2D eigenvalue weighted by Gasteiger charge is 2.15. The van der Waals surface area contributed by atoms with Crippen LogP contribution in [0.1, 0.15) is 18.4 Å². The van der Waals surface area contributed by atoms with Crippen LogP contribution in [-0.4, -0.2) is 52.2 Å². The quantitative estimate of drug-likeness (QED) is 0.241. The molecule has 0 aromatic heterocycles. The lowest BCUT2D eigenvalue weighted by atomic mass is 10.1. The minimum atomic E-state index is -3.10. The van der Waals surface area contributed by atoms with E-state index in [0.717, 1.165) is 6.42 Å². The van der Waals surface area contributed by atoms with Crippen molar-refractivity contribution in [1.82, 2.24) is 0 Å². The minimum Gasteiger partial charge on any atom is -0.463 e. The molecule has 0 saturated carbocycles. The first-order chi connectivity index (χ1) is 11.1. The van der Waals surface area contributed by atoms with Crippen molar-refractivity contribution in [3.05, 3.63) is 33.9 Å². The lowest BCUT2D eigenvalue weighted by Gasteiger charge is -2.21. The summed E-state index contributed by atoms with van der Waals surface area (Å²) < 4.78 is 13.4. The van der Waals surface area contributed by atoms with Crippen molar-refractivity contribution in [1.29, 1.82) is 0 Å². The van der Waals surface area contributed by atoms with Crippen molar-refractivity contribution in [3.8, 4) is 0 Å². The minimum absolute atomic E-state index is 0.0571. The number of carbonyl (C=O) groups is 1. The highest BCUT2D eigenvalue weighted by Crippen LogP contribution is 2.26. The molecule has 1 aromatic carbocycles. The molecule has 9 nitrogen and oxygen atoms in total. The highest BCUT2D eigenvalue weighted by molar-refractivity contribution is 7.98. The summed E-state index contributed by atoms with van der Waals surface area (Å²) in [5, 5.41) is 28.6. The fourth-order valence-corrected chi connectivity index (χ4v) is 3.54. The van der Waals surface area contributed by atoms with Crippen LogP contribution in [0.4, 0.5) is 16.2 Å². The molecule has 0 saturated heterocycles. The van der Waals surface area contributed by atoms with E-state index in [1.165, 1.54) is 18.4 Å². The molecule has 1 aromatic rings. The molecule has 0 aliphatic rings. The molecular formula is C14H23N3O6S. The second kappa shape index (κ2) is 8.71. The largest absolute Gasteiger partial charge is 0.463 e. The number of rotatable bonds is 8. The number of nitrogens with zero attached hydrogens (tertiary/aromatic N) is 3. The number of aliphatic hydroxyl groups is 1. The lowest BCUT2D eigenvalue weighted by molar-refractivity contribution is -0.384. The molecule has 0 unspecified atom stereocenters. The average molecular weight is 361 g/mol. The van der Waals surface area contributed by atoms with E-state index in [0.29, 0.717) is 24.2 Å². The maximum Gasteiger partial charge on any atom is 0.437 e. The number of hydrogen-bond acceptors (Lipinski definition) is 5. The summed E-state index contributed by atoms with van der Waals surface area (Å²) in [4.78, 5) is 23.1. The van der Waals surface area contributed by atoms with E-state index < -0.39 is 21.1 Å². The van der Waals surface area contributed by atoms with Gasteiger partial charge in [0, 0.05) is 43.8 Å². The van der Waals surface area contributed by atoms with Crippen molar-refractivity contribution >= 4 is 27.6 Å². The van der Waals surface area contributed by atoms with E-state index in [1.807, 2.05) is 4.90 Å². The zero-order valence-corrected chi connectivity index (χ0v) is 14.5. The first-order valence-corrected chi connectivity index (χ1v) is 9.62. The zero-order valence-electron chi connectivity index (χ0n) is 13.6. The van der Waals surface area contributed by atoms with Crippen molar-refractivity contribution < 1.29 is 24.5 Å². The van der Waals surface area contributed by atoms with Gasteiger partial charge in [-0.05, 0) is 30.7 Å². The molecule has 24 heavy (non-hydrogen) atoms. The standard InChI is InChI=1S/C14H23N3O6S/c1-16(5-3-4-6-18)12-7-11(8-13(9-12)17(21)22)10-24(2,23)15-14(19)20/h7-9,18,24H,3-6,10H2,1-2H3,(H,15,23)(H,19,20). The summed E-state index contributed by atoms with van der Waals surface area (Å²) in [5.74, 6) is -0.0571. The number of hydrogen-bond donors (Lipinski definition) is 4. The maximum absolute atomic E-state index is 11.1. The Morgan fingerprint density at radius 3 is 2.58 bits per heavy atom. The number of benzene rings is 1. The van der Waals surface area contributed by atoms with Crippen LogP contribution >= 0.6 is 0 Å². The number of unbranched alkanes of at least 4 members (excludes halogenated alkanes) is 1. The van der Waals surface area contributed by atoms with Gasteiger partial charge in [-0.2, -0.15) is 4.36 Å². The van der Waals surface area contributed by atoms with Gasteiger partial charge in [-0.1, -0.05) is 10.1 Å². The Hall–Kier alpha value is -2.04. The monoisotopic (exact) mass is 361 g/mol. The second-order valence-electron chi connectivity index (χ2n) is 5.60. The Balaban J connectivity index is 3.12. The van der Waals surface area contributed by atoms with Crippen LogP contribution < -0.4 is 4.90 Å². The molecule has 136 valence electrons. The van der Waals surface area contributed by atoms with Crippen LogP contribution in [-0.2, 0) is 15.9 Å². The second-order valence-corrected chi connectivity index (χ2v) is 8.29. The van der Waals surface area contributed by atoms with Gasteiger partial charge in [-0.15, -0.1) is 0 Å². The number of carboxylic acid groups (broad SMARTS) is 1. The molecule has 1 rings (SSSR count). The molecule has 0 radical (unpaired) electrons. The molecule has 0 fully saturated rings. The predicted molar refractivity (Wildman–Crippen MR) is 94.2 cm³/mol. The van der Waals surface area contributed by atoms with Gasteiger partial charge in [0.1, 0.15) is 0 Å². The Labute approximate surface area is 141 Å². The summed E-state index contributed by atoms with van der Waals surface area (Å²) >= 11 is 0. The van der Waals surface area contributed by atoms with Crippen molar-refractivity contribution in [2.45, 2.75) is 18.6 Å². The molecule has 10 heteroatoms. The number of anilines is 1. The molecule has 0 aliphatic heterocycles. The summed E-state index contributed by atoms with van der Waals surface area (Å²) in [6.45, 7) is 0.685. The summed E-state index contributed by atoms with van der Waals surface area (Å²) in [5.41, 5.74) is 0.913. The van der Waals surface area contributed by atoms with E-state index in [9.17, 15) is 19.5 Å². The summed E-state index contributed by atoms with van der Waals surface area (Å²) in [7, 11) is -1.32. The third-order valence-corrected chi connectivity index (χ3v) is 4.86. The summed E-state index contributed by atoms with van der Waals surface area (Å²) in [6.07, 6.45) is 1.23. The van der Waals surface area contributed by atoms with E-state index in [4.69, 9.17) is 10.2 Å². The van der Waals surface area contributed by atoms with Crippen molar-refractivity contribution in [2.24, 2.45) is 4.36 Å². The average Bonchev–Trinajstić information content (AvgIpc) is 2.44. The third kappa shape index (κ3) is 6.60. The van der Waals surface area contributed by atoms with Crippen LogP contribution in [0.15, 0.2) is 22.6 Å². The first kappa shape index (κ1) is 20.0. The lowest BCUT2D eigenvalue weighted by Crippen LogP contribution is -2.19. The van der Waals surface area contributed by atoms with Crippen LogP contribution in [0.25, 0.3) is 0 Å². The summed E-state index contributed by atoms with van der Waals surface area (Å²) in [6, 6.07) is 4.42. The first-order valence-electron chi connectivity index (χ1n) is 7.29. The molecule has 0 aliphatic carbocycles.